The molecule has 0 radical (unpaired) electrons. The molecule has 8 nitrogen and oxygen atoms in total. The molecule has 1 aromatic carbocycles. The van der Waals surface area contributed by atoms with E-state index in [2.05, 4.69) is 4.72 Å². The van der Waals surface area contributed by atoms with Crippen LogP contribution in [0.1, 0.15) is 18.4 Å². The summed E-state index contributed by atoms with van der Waals surface area (Å²) >= 11 is 0. The van der Waals surface area contributed by atoms with Crippen molar-refractivity contribution in [3.05, 3.63) is 23.8 Å². The highest BCUT2D eigenvalue weighted by molar-refractivity contribution is 7.89. The van der Waals surface area contributed by atoms with Crippen molar-refractivity contribution in [2.75, 3.05) is 27.4 Å². The van der Waals surface area contributed by atoms with Crippen LogP contribution in [0.25, 0.3) is 6.08 Å². The van der Waals surface area contributed by atoms with E-state index in [1.54, 1.807) is 0 Å². The van der Waals surface area contributed by atoms with Gasteiger partial charge in [-0.25, -0.2) is 17.9 Å². The maximum absolute atomic E-state index is 12.7. The molecule has 9 heteroatoms. The van der Waals surface area contributed by atoms with Crippen LogP contribution in [-0.2, 0) is 19.6 Å². The zero-order valence-corrected chi connectivity index (χ0v) is 14.8. The standard InChI is InChI=1S/C16H21NO7S/c1-22-13-8-11(5-6-15(18)19)9-14(16(13)23-2)25(20,21)17-10-12-4-3-7-24-12/h5-6,8-9,12,17H,3-4,7,10H2,1-2H3,(H,18,19). The number of aliphatic carboxylic acids is 1. The van der Waals surface area contributed by atoms with Crippen LogP contribution in [0.3, 0.4) is 0 Å². The Kier molecular flexibility index (Phi) is 6.40. The molecule has 1 unspecified atom stereocenters. The van der Waals surface area contributed by atoms with E-state index in [1.807, 2.05) is 0 Å². The lowest BCUT2D eigenvalue weighted by atomic mass is 10.2. The van der Waals surface area contributed by atoms with Crippen LogP contribution in [0.4, 0.5) is 0 Å². The molecule has 0 saturated carbocycles. The third kappa shape index (κ3) is 4.94. The Morgan fingerprint density at radius 1 is 1.40 bits per heavy atom. The second-order valence-electron chi connectivity index (χ2n) is 5.41. The third-order valence-electron chi connectivity index (χ3n) is 3.70. The minimum absolute atomic E-state index is 0.0508. The van der Waals surface area contributed by atoms with E-state index in [-0.39, 0.29) is 29.0 Å². The minimum atomic E-state index is -3.90. The fourth-order valence-corrected chi connectivity index (χ4v) is 3.78. The molecule has 1 saturated heterocycles. The molecule has 2 rings (SSSR count). The van der Waals surface area contributed by atoms with Gasteiger partial charge in [0, 0.05) is 19.2 Å². The largest absolute Gasteiger partial charge is 0.493 e. The number of benzene rings is 1. The quantitative estimate of drug-likeness (QED) is 0.662. The Morgan fingerprint density at radius 2 is 2.16 bits per heavy atom. The molecule has 1 heterocycles. The van der Waals surface area contributed by atoms with Gasteiger partial charge in [0.05, 0.1) is 20.3 Å². The Hall–Kier alpha value is -2.10. The summed E-state index contributed by atoms with van der Waals surface area (Å²) in [5.74, 6) is -0.905. The highest BCUT2D eigenvalue weighted by atomic mass is 32.2. The van der Waals surface area contributed by atoms with Gasteiger partial charge in [0.2, 0.25) is 10.0 Å². The van der Waals surface area contributed by atoms with E-state index >= 15 is 0 Å². The molecule has 0 aliphatic carbocycles. The van der Waals surface area contributed by atoms with Crippen molar-refractivity contribution >= 4 is 22.1 Å². The summed E-state index contributed by atoms with van der Waals surface area (Å²) in [6.07, 6.45) is 3.74. The summed E-state index contributed by atoms with van der Waals surface area (Å²) in [4.78, 5) is 10.6. The number of carboxylic acid groups (broad SMARTS) is 1. The summed E-state index contributed by atoms with van der Waals surface area (Å²) in [5, 5.41) is 8.75. The molecule has 1 atom stereocenters. The first kappa shape index (κ1) is 19.2. The van der Waals surface area contributed by atoms with Crippen LogP contribution in [0.2, 0.25) is 0 Å². The summed E-state index contributed by atoms with van der Waals surface area (Å²) < 4.78 is 43.7. The predicted molar refractivity (Wildman–Crippen MR) is 90.4 cm³/mol. The van der Waals surface area contributed by atoms with Crippen molar-refractivity contribution in [3.8, 4) is 11.5 Å². The molecule has 1 fully saturated rings. The van der Waals surface area contributed by atoms with Crippen molar-refractivity contribution < 1.29 is 32.5 Å². The van der Waals surface area contributed by atoms with Gasteiger partial charge in [-0.05, 0) is 36.6 Å². The van der Waals surface area contributed by atoms with Gasteiger partial charge < -0.3 is 19.3 Å². The van der Waals surface area contributed by atoms with E-state index < -0.39 is 16.0 Å². The summed E-state index contributed by atoms with van der Waals surface area (Å²) in [6, 6.07) is 2.83. The lowest BCUT2D eigenvalue weighted by Gasteiger charge is -2.16. The summed E-state index contributed by atoms with van der Waals surface area (Å²) in [6.45, 7) is 0.780. The number of hydrogen-bond acceptors (Lipinski definition) is 6. The van der Waals surface area contributed by atoms with E-state index in [0.29, 0.717) is 12.2 Å². The molecule has 1 aromatic rings. The Bertz CT molecular complexity index is 752. The van der Waals surface area contributed by atoms with Crippen LogP contribution in [0.15, 0.2) is 23.1 Å². The van der Waals surface area contributed by atoms with Crippen LogP contribution in [-0.4, -0.2) is 53.0 Å². The molecule has 0 aromatic heterocycles. The molecule has 2 N–H and O–H groups in total. The van der Waals surface area contributed by atoms with Crippen LogP contribution in [0.5, 0.6) is 11.5 Å². The second-order valence-corrected chi connectivity index (χ2v) is 7.15. The highest BCUT2D eigenvalue weighted by Crippen LogP contribution is 2.36. The summed E-state index contributed by atoms with van der Waals surface area (Å²) in [7, 11) is -1.19. The van der Waals surface area contributed by atoms with Gasteiger partial charge >= 0.3 is 5.97 Å². The average molecular weight is 371 g/mol. The topological polar surface area (TPSA) is 111 Å². The normalized spacial score (nSPS) is 17.8. The number of nitrogens with one attached hydrogen (secondary N) is 1. The van der Waals surface area contributed by atoms with Crippen LogP contribution in [0, 0.1) is 0 Å². The number of methoxy groups -OCH3 is 2. The van der Waals surface area contributed by atoms with Crippen molar-refractivity contribution in [3.63, 3.8) is 0 Å². The van der Waals surface area contributed by atoms with E-state index in [9.17, 15) is 13.2 Å². The van der Waals surface area contributed by atoms with Gasteiger partial charge in [-0.2, -0.15) is 0 Å². The number of ether oxygens (including phenoxy) is 3. The fraction of sp³-hybridized carbons (Fsp3) is 0.438. The minimum Gasteiger partial charge on any atom is -0.493 e. The number of carboxylic acids is 1. The molecule has 0 amide bonds. The van der Waals surface area contributed by atoms with E-state index in [1.165, 1.54) is 32.4 Å². The van der Waals surface area contributed by atoms with Crippen molar-refractivity contribution in [2.45, 2.75) is 23.8 Å². The van der Waals surface area contributed by atoms with Crippen LogP contribution >= 0.6 is 0 Å². The second kappa shape index (κ2) is 8.32. The number of carbonyl (C=O) groups is 1. The smallest absolute Gasteiger partial charge is 0.328 e. The van der Waals surface area contributed by atoms with E-state index in [0.717, 1.165) is 18.9 Å². The van der Waals surface area contributed by atoms with Gasteiger partial charge in [0.1, 0.15) is 4.90 Å². The molecule has 0 spiro atoms. The van der Waals surface area contributed by atoms with E-state index in [4.69, 9.17) is 19.3 Å². The van der Waals surface area contributed by atoms with Crippen molar-refractivity contribution in [1.29, 1.82) is 0 Å². The Labute approximate surface area is 146 Å². The average Bonchev–Trinajstić information content (AvgIpc) is 3.10. The molecule has 25 heavy (non-hydrogen) atoms. The zero-order chi connectivity index (χ0) is 18.4. The molecule has 0 bridgehead atoms. The number of rotatable bonds is 8. The highest BCUT2D eigenvalue weighted by Gasteiger charge is 2.25. The van der Waals surface area contributed by atoms with Crippen molar-refractivity contribution in [1.82, 2.24) is 4.72 Å². The third-order valence-corrected chi connectivity index (χ3v) is 5.13. The Morgan fingerprint density at radius 3 is 2.72 bits per heavy atom. The van der Waals surface area contributed by atoms with Crippen molar-refractivity contribution in [2.24, 2.45) is 0 Å². The first-order chi connectivity index (χ1) is 11.9. The maximum Gasteiger partial charge on any atom is 0.328 e. The molecular weight excluding hydrogens is 350 g/mol. The Balaban J connectivity index is 2.37. The number of hydrogen-bond donors (Lipinski definition) is 2. The monoisotopic (exact) mass is 371 g/mol. The van der Waals surface area contributed by atoms with Gasteiger partial charge in [0.15, 0.2) is 11.5 Å². The van der Waals surface area contributed by atoms with Gasteiger partial charge in [-0.15, -0.1) is 0 Å². The number of sulfonamides is 1. The SMILES string of the molecule is COc1cc(C=CC(=O)O)cc(S(=O)(=O)NCC2CCCO2)c1OC. The molecule has 1 aliphatic rings. The summed E-state index contributed by atoms with van der Waals surface area (Å²) in [5.41, 5.74) is 0.359. The predicted octanol–water partition coefficient (Wildman–Crippen LogP) is 1.26. The molecule has 138 valence electrons. The van der Waals surface area contributed by atoms with Gasteiger partial charge in [0.25, 0.3) is 0 Å². The zero-order valence-electron chi connectivity index (χ0n) is 14.0. The molecular formula is C16H21NO7S. The van der Waals surface area contributed by atoms with Gasteiger partial charge in [-0.3, -0.25) is 0 Å². The van der Waals surface area contributed by atoms with Crippen LogP contribution < -0.4 is 14.2 Å². The first-order valence-electron chi connectivity index (χ1n) is 7.65. The van der Waals surface area contributed by atoms with Gasteiger partial charge in [-0.1, -0.05) is 0 Å². The molecule has 1 aliphatic heterocycles. The lowest BCUT2D eigenvalue weighted by Crippen LogP contribution is -2.32. The maximum atomic E-state index is 12.7. The lowest BCUT2D eigenvalue weighted by molar-refractivity contribution is -0.131. The first-order valence-corrected chi connectivity index (χ1v) is 9.14. The fourth-order valence-electron chi connectivity index (χ4n) is 2.50.